The summed E-state index contributed by atoms with van der Waals surface area (Å²) in [5.74, 6) is -0.142. The lowest BCUT2D eigenvalue weighted by Gasteiger charge is -2.16. The topological polar surface area (TPSA) is 113 Å². The number of amides is 1. The molecule has 0 bridgehead atoms. The number of hydrogen-bond acceptors (Lipinski definition) is 5. The number of ether oxygens (including phenoxy) is 1. The molecule has 2 rings (SSSR count). The molecule has 1 aliphatic heterocycles. The molecule has 1 amide bonds. The number of nitrogens with zero attached hydrogens (tertiary/aromatic N) is 1. The molecule has 8 nitrogen and oxygen atoms in total. The predicted molar refractivity (Wildman–Crippen MR) is 82.0 cm³/mol. The van der Waals surface area contributed by atoms with Crippen molar-refractivity contribution in [3.8, 4) is 0 Å². The van der Waals surface area contributed by atoms with Crippen molar-refractivity contribution in [1.29, 1.82) is 0 Å². The van der Waals surface area contributed by atoms with Crippen molar-refractivity contribution in [3.63, 3.8) is 0 Å². The fourth-order valence-corrected chi connectivity index (χ4v) is 2.55. The van der Waals surface area contributed by atoms with Crippen LogP contribution in [0.5, 0.6) is 0 Å². The number of hydrogen-bond donors (Lipinski definition) is 3. The Hall–Kier alpha value is -1.45. The smallest absolute Gasteiger partial charge is 0.330 e. The maximum atomic E-state index is 11.8. The number of H-pyrrole nitrogens is 1. The first-order valence-corrected chi connectivity index (χ1v) is 8.02. The molecule has 3 N–H and O–H groups in total. The van der Waals surface area contributed by atoms with Crippen molar-refractivity contribution in [2.75, 3.05) is 11.9 Å². The van der Waals surface area contributed by atoms with Crippen LogP contribution in [-0.4, -0.2) is 44.6 Å². The molecule has 3 atom stereocenters. The second-order valence-corrected chi connectivity index (χ2v) is 5.74. The fourth-order valence-electron chi connectivity index (χ4n) is 2.35. The Morgan fingerprint density at radius 2 is 2.32 bits per heavy atom. The van der Waals surface area contributed by atoms with Crippen molar-refractivity contribution in [1.82, 2.24) is 14.9 Å². The van der Waals surface area contributed by atoms with E-state index in [9.17, 15) is 19.5 Å². The molecule has 0 aliphatic carbocycles. The van der Waals surface area contributed by atoms with Crippen LogP contribution in [0.1, 0.15) is 24.6 Å². The second kappa shape index (κ2) is 7.21. The number of aromatic amines is 1. The molecule has 0 radical (unpaired) electrons. The number of rotatable bonds is 5. The monoisotopic (exact) mass is 375 g/mol. The molecular weight excluding hydrogens is 358 g/mol. The molecule has 1 aromatic heterocycles. The van der Waals surface area contributed by atoms with Crippen molar-refractivity contribution in [3.05, 3.63) is 32.6 Å². The van der Waals surface area contributed by atoms with Crippen molar-refractivity contribution in [2.45, 2.75) is 38.2 Å². The van der Waals surface area contributed by atoms with Gasteiger partial charge in [0.1, 0.15) is 6.23 Å². The zero-order chi connectivity index (χ0) is 16.3. The van der Waals surface area contributed by atoms with E-state index in [0.717, 1.165) is 0 Å². The Morgan fingerprint density at radius 1 is 1.59 bits per heavy atom. The van der Waals surface area contributed by atoms with E-state index in [1.807, 2.05) is 0 Å². The lowest BCUT2D eigenvalue weighted by Crippen LogP contribution is -2.33. The summed E-state index contributed by atoms with van der Waals surface area (Å²) in [5.41, 5.74) is -0.611. The van der Waals surface area contributed by atoms with Gasteiger partial charge in [-0.05, 0) is 13.3 Å². The van der Waals surface area contributed by atoms with E-state index in [0.29, 0.717) is 18.5 Å². The average molecular weight is 376 g/mol. The van der Waals surface area contributed by atoms with Crippen LogP contribution in [0.2, 0.25) is 0 Å². The van der Waals surface area contributed by atoms with Crippen LogP contribution in [0.3, 0.4) is 0 Å². The number of carbonyl (C=O) groups excluding carboxylic acids is 1. The van der Waals surface area contributed by atoms with Crippen molar-refractivity contribution >= 4 is 21.8 Å². The van der Waals surface area contributed by atoms with Crippen molar-refractivity contribution in [2.24, 2.45) is 0 Å². The summed E-state index contributed by atoms with van der Waals surface area (Å²) in [6, 6.07) is 0. The third-order valence-electron chi connectivity index (χ3n) is 3.53. The molecule has 0 spiro atoms. The molecular formula is C13H18BrN3O5. The Morgan fingerprint density at radius 3 is 3.00 bits per heavy atom. The van der Waals surface area contributed by atoms with Crippen LogP contribution >= 0.6 is 15.9 Å². The van der Waals surface area contributed by atoms with Gasteiger partial charge in [0, 0.05) is 24.7 Å². The van der Waals surface area contributed by atoms with E-state index in [-0.39, 0.29) is 17.7 Å². The molecule has 1 aliphatic rings. The first-order chi connectivity index (χ1) is 10.4. The van der Waals surface area contributed by atoms with Crippen LogP contribution in [0.4, 0.5) is 0 Å². The molecule has 0 saturated carbocycles. The van der Waals surface area contributed by atoms with Gasteiger partial charge in [-0.15, -0.1) is 0 Å². The number of aryl methyl sites for hydroxylation is 1. The van der Waals surface area contributed by atoms with Gasteiger partial charge < -0.3 is 15.2 Å². The van der Waals surface area contributed by atoms with E-state index >= 15 is 0 Å². The van der Waals surface area contributed by atoms with Gasteiger partial charge in [0.25, 0.3) is 5.56 Å². The van der Waals surface area contributed by atoms with E-state index in [4.69, 9.17) is 4.74 Å². The second-order valence-electron chi connectivity index (χ2n) is 5.18. The number of alkyl halides is 1. The van der Waals surface area contributed by atoms with Gasteiger partial charge in [0.2, 0.25) is 5.91 Å². The third-order valence-corrected chi connectivity index (χ3v) is 4.04. The zero-order valence-corrected chi connectivity index (χ0v) is 13.6. The minimum Gasteiger partial charge on any atom is -0.390 e. The largest absolute Gasteiger partial charge is 0.390 e. The molecule has 3 unspecified atom stereocenters. The number of aliphatic hydroxyl groups is 1. The highest BCUT2D eigenvalue weighted by Gasteiger charge is 2.35. The summed E-state index contributed by atoms with van der Waals surface area (Å²) in [4.78, 5) is 36.5. The highest BCUT2D eigenvalue weighted by Crippen LogP contribution is 2.29. The quantitative estimate of drug-likeness (QED) is 0.594. The first-order valence-electron chi connectivity index (χ1n) is 6.90. The van der Waals surface area contributed by atoms with Gasteiger partial charge >= 0.3 is 5.69 Å². The molecule has 22 heavy (non-hydrogen) atoms. The average Bonchev–Trinajstić information content (AvgIpc) is 2.83. The first kappa shape index (κ1) is 16.9. The Labute approximate surface area is 134 Å². The van der Waals surface area contributed by atoms with Crippen LogP contribution in [0.15, 0.2) is 15.8 Å². The fraction of sp³-hybridized carbons (Fsp3) is 0.615. The third kappa shape index (κ3) is 3.84. The Balaban J connectivity index is 2.01. The number of halogens is 1. The summed E-state index contributed by atoms with van der Waals surface area (Å²) >= 11 is 3.04. The van der Waals surface area contributed by atoms with Crippen LogP contribution in [-0.2, 0) is 9.53 Å². The van der Waals surface area contributed by atoms with E-state index in [1.54, 1.807) is 6.92 Å². The SMILES string of the molecule is Cc1cn(C2CC(O)C(CCNC(=O)CBr)O2)c(=O)[nH]c1=O. The van der Waals surface area contributed by atoms with E-state index < -0.39 is 29.7 Å². The minimum atomic E-state index is -0.731. The molecule has 1 fully saturated rings. The number of aromatic nitrogens is 2. The summed E-state index contributed by atoms with van der Waals surface area (Å²) < 4.78 is 6.95. The lowest BCUT2D eigenvalue weighted by atomic mass is 10.1. The van der Waals surface area contributed by atoms with Gasteiger partial charge in [-0.25, -0.2) is 4.79 Å². The number of nitrogens with one attached hydrogen (secondary N) is 2. The van der Waals surface area contributed by atoms with Gasteiger partial charge in [-0.3, -0.25) is 19.1 Å². The van der Waals surface area contributed by atoms with E-state index in [2.05, 4.69) is 26.2 Å². The minimum absolute atomic E-state index is 0.142. The lowest BCUT2D eigenvalue weighted by molar-refractivity contribution is -0.118. The standard InChI is InChI=1S/C13H18BrN3O5/c1-7-6-17(13(21)16-12(7)20)11-4-8(18)9(22-11)2-3-15-10(19)5-14/h6,8-9,11,18H,2-5H2,1H3,(H,15,19)(H,16,20,21). The molecule has 1 saturated heterocycles. The van der Waals surface area contributed by atoms with Gasteiger partial charge in [-0.2, -0.15) is 0 Å². The number of aliphatic hydroxyl groups excluding tert-OH is 1. The predicted octanol–water partition coefficient (Wildman–Crippen LogP) is -0.605. The van der Waals surface area contributed by atoms with Gasteiger partial charge in [-0.1, -0.05) is 15.9 Å². The van der Waals surface area contributed by atoms with Gasteiger partial charge in [0.15, 0.2) is 0 Å². The maximum Gasteiger partial charge on any atom is 0.330 e. The van der Waals surface area contributed by atoms with E-state index in [1.165, 1.54) is 10.8 Å². The van der Waals surface area contributed by atoms with Crippen LogP contribution in [0.25, 0.3) is 0 Å². The maximum absolute atomic E-state index is 11.8. The Kier molecular flexibility index (Phi) is 5.54. The zero-order valence-electron chi connectivity index (χ0n) is 12.0. The van der Waals surface area contributed by atoms with Crippen LogP contribution < -0.4 is 16.6 Å². The highest BCUT2D eigenvalue weighted by atomic mass is 79.9. The molecule has 0 aromatic carbocycles. The summed E-state index contributed by atoms with van der Waals surface area (Å²) in [6.45, 7) is 1.96. The Bertz CT molecular complexity index is 656. The molecule has 1 aromatic rings. The molecule has 9 heteroatoms. The van der Waals surface area contributed by atoms with Crippen molar-refractivity contribution < 1.29 is 14.6 Å². The number of carbonyl (C=O) groups is 1. The van der Waals surface area contributed by atoms with Gasteiger partial charge in [0.05, 0.1) is 17.5 Å². The highest BCUT2D eigenvalue weighted by molar-refractivity contribution is 9.09. The molecule has 122 valence electrons. The summed E-state index contributed by atoms with van der Waals surface area (Å²) in [6.07, 6.45) is 0.281. The summed E-state index contributed by atoms with van der Waals surface area (Å²) in [5, 5.41) is 12.9. The summed E-state index contributed by atoms with van der Waals surface area (Å²) in [7, 11) is 0. The molecule has 2 heterocycles. The van der Waals surface area contributed by atoms with Crippen LogP contribution in [0, 0.1) is 6.92 Å². The normalized spacial score (nSPS) is 24.4.